The van der Waals surface area contributed by atoms with Gasteiger partial charge in [0.05, 0.1) is 12.3 Å². The molecule has 5 heteroatoms. The molecular formula is C13H15ClN2OS. The number of benzene rings is 1. The molecule has 0 aliphatic heterocycles. The van der Waals surface area contributed by atoms with E-state index in [1.165, 1.54) is 0 Å². The topological polar surface area (TPSA) is 34.1 Å². The van der Waals surface area contributed by atoms with Crippen LogP contribution >= 0.6 is 22.9 Å². The summed E-state index contributed by atoms with van der Waals surface area (Å²) in [6.45, 7) is 2.34. The van der Waals surface area contributed by atoms with Crippen molar-refractivity contribution in [3.63, 3.8) is 0 Å². The number of halogens is 1. The van der Waals surface area contributed by atoms with Gasteiger partial charge in [-0.05, 0) is 12.1 Å². The van der Waals surface area contributed by atoms with Crippen LogP contribution in [0.1, 0.15) is 5.01 Å². The SMILES string of the molecule is COCCNCc1nc(-c2ccc(Cl)cc2)cs1. The van der Waals surface area contributed by atoms with Crippen LogP contribution < -0.4 is 5.32 Å². The Bertz CT molecular complexity index is 484. The minimum absolute atomic E-state index is 0.718. The Morgan fingerprint density at radius 2 is 2.11 bits per heavy atom. The van der Waals surface area contributed by atoms with E-state index in [1.54, 1.807) is 18.4 Å². The Hall–Kier alpha value is -0.940. The zero-order valence-corrected chi connectivity index (χ0v) is 11.7. The van der Waals surface area contributed by atoms with Crippen LogP contribution in [0.3, 0.4) is 0 Å². The van der Waals surface area contributed by atoms with Crippen molar-refractivity contribution in [2.45, 2.75) is 6.54 Å². The fourth-order valence-electron chi connectivity index (χ4n) is 1.51. The molecule has 1 aromatic carbocycles. The van der Waals surface area contributed by atoms with E-state index in [-0.39, 0.29) is 0 Å². The van der Waals surface area contributed by atoms with Gasteiger partial charge in [-0.2, -0.15) is 0 Å². The van der Waals surface area contributed by atoms with Crippen LogP contribution in [0.25, 0.3) is 11.3 Å². The van der Waals surface area contributed by atoms with E-state index in [2.05, 4.69) is 15.7 Å². The molecule has 0 amide bonds. The van der Waals surface area contributed by atoms with E-state index < -0.39 is 0 Å². The second-order valence-corrected chi connectivity index (χ2v) is 5.18. The standard InChI is InChI=1S/C13H15ClN2OS/c1-17-7-6-15-8-13-16-12(9-18-13)10-2-4-11(14)5-3-10/h2-5,9,15H,6-8H2,1H3. The molecule has 0 fully saturated rings. The Labute approximate surface area is 116 Å². The highest BCUT2D eigenvalue weighted by molar-refractivity contribution is 7.09. The maximum absolute atomic E-state index is 5.86. The molecule has 0 aliphatic rings. The zero-order chi connectivity index (χ0) is 12.8. The van der Waals surface area contributed by atoms with E-state index in [9.17, 15) is 0 Å². The summed E-state index contributed by atoms with van der Waals surface area (Å²) in [4.78, 5) is 4.58. The monoisotopic (exact) mass is 282 g/mol. The van der Waals surface area contributed by atoms with Gasteiger partial charge in [0.15, 0.2) is 0 Å². The van der Waals surface area contributed by atoms with Crippen LogP contribution in [0.5, 0.6) is 0 Å². The van der Waals surface area contributed by atoms with Crippen molar-refractivity contribution < 1.29 is 4.74 Å². The second-order valence-electron chi connectivity index (χ2n) is 3.80. The summed E-state index contributed by atoms with van der Waals surface area (Å²) in [5.74, 6) is 0. The van der Waals surface area contributed by atoms with Crippen LogP contribution in [0.2, 0.25) is 5.02 Å². The molecule has 18 heavy (non-hydrogen) atoms. The van der Waals surface area contributed by atoms with Crippen LogP contribution in [-0.4, -0.2) is 25.2 Å². The second kappa shape index (κ2) is 6.85. The molecule has 0 spiro atoms. The zero-order valence-electron chi connectivity index (χ0n) is 10.1. The summed E-state index contributed by atoms with van der Waals surface area (Å²) >= 11 is 7.52. The predicted octanol–water partition coefficient (Wildman–Crippen LogP) is 3.20. The molecule has 0 unspecified atom stereocenters. The van der Waals surface area contributed by atoms with Crippen molar-refractivity contribution in [2.75, 3.05) is 20.3 Å². The van der Waals surface area contributed by atoms with Gasteiger partial charge in [0.1, 0.15) is 5.01 Å². The molecule has 0 saturated carbocycles. The van der Waals surface area contributed by atoms with Crippen LogP contribution in [0.15, 0.2) is 29.6 Å². The number of methoxy groups -OCH3 is 1. The Morgan fingerprint density at radius 3 is 2.83 bits per heavy atom. The van der Waals surface area contributed by atoms with Gasteiger partial charge in [-0.3, -0.25) is 0 Å². The molecule has 2 rings (SSSR count). The van der Waals surface area contributed by atoms with Crippen molar-refractivity contribution in [3.8, 4) is 11.3 Å². The third-order valence-corrected chi connectivity index (χ3v) is 3.55. The van der Waals surface area contributed by atoms with Crippen LogP contribution in [-0.2, 0) is 11.3 Å². The number of rotatable bonds is 6. The first-order chi connectivity index (χ1) is 8.79. The summed E-state index contributed by atoms with van der Waals surface area (Å²) in [5.41, 5.74) is 2.10. The number of thiazole rings is 1. The van der Waals surface area contributed by atoms with Crippen molar-refractivity contribution in [1.82, 2.24) is 10.3 Å². The lowest BCUT2D eigenvalue weighted by molar-refractivity contribution is 0.199. The van der Waals surface area contributed by atoms with Gasteiger partial charge in [0.2, 0.25) is 0 Å². The van der Waals surface area contributed by atoms with Crippen LogP contribution in [0.4, 0.5) is 0 Å². The highest BCUT2D eigenvalue weighted by Gasteiger charge is 2.04. The molecule has 1 heterocycles. The number of ether oxygens (including phenoxy) is 1. The van der Waals surface area contributed by atoms with E-state index in [0.717, 1.165) is 41.0 Å². The number of nitrogens with one attached hydrogen (secondary N) is 1. The Balaban J connectivity index is 1.95. The van der Waals surface area contributed by atoms with E-state index in [4.69, 9.17) is 16.3 Å². The summed E-state index contributed by atoms with van der Waals surface area (Å²) in [6, 6.07) is 7.73. The summed E-state index contributed by atoms with van der Waals surface area (Å²) in [5, 5.41) is 7.17. The summed E-state index contributed by atoms with van der Waals surface area (Å²) < 4.78 is 4.97. The fourth-order valence-corrected chi connectivity index (χ4v) is 2.41. The van der Waals surface area contributed by atoms with Crippen LogP contribution in [0, 0.1) is 0 Å². The molecule has 96 valence electrons. The van der Waals surface area contributed by atoms with Crippen molar-refractivity contribution in [2.24, 2.45) is 0 Å². The minimum atomic E-state index is 0.718. The van der Waals surface area contributed by atoms with Gasteiger partial charge in [-0.1, -0.05) is 23.7 Å². The average molecular weight is 283 g/mol. The van der Waals surface area contributed by atoms with Crippen molar-refractivity contribution in [3.05, 3.63) is 39.7 Å². The lowest BCUT2D eigenvalue weighted by atomic mass is 10.2. The van der Waals surface area contributed by atoms with Gasteiger partial charge in [-0.25, -0.2) is 4.98 Å². The minimum Gasteiger partial charge on any atom is -0.383 e. The third kappa shape index (κ3) is 3.78. The van der Waals surface area contributed by atoms with Gasteiger partial charge in [-0.15, -0.1) is 11.3 Å². The summed E-state index contributed by atoms with van der Waals surface area (Å²) in [7, 11) is 1.70. The van der Waals surface area contributed by atoms with Gasteiger partial charge >= 0.3 is 0 Å². The highest BCUT2D eigenvalue weighted by atomic mass is 35.5. The highest BCUT2D eigenvalue weighted by Crippen LogP contribution is 2.23. The lowest BCUT2D eigenvalue weighted by Crippen LogP contribution is -2.18. The molecule has 2 aromatic rings. The van der Waals surface area contributed by atoms with E-state index in [0.29, 0.717) is 0 Å². The van der Waals surface area contributed by atoms with E-state index in [1.807, 2.05) is 24.3 Å². The maximum atomic E-state index is 5.86. The quantitative estimate of drug-likeness (QED) is 0.826. The third-order valence-electron chi connectivity index (χ3n) is 2.45. The Morgan fingerprint density at radius 1 is 1.33 bits per heavy atom. The molecule has 0 saturated heterocycles. The molecule has 0 radical (unpaired) electrons. The van der Waals surface area contributed by atoms with Gasteiger partial charge < -0.3 is 10.1 Å². The normalized spacial score (nSPS) is 10.8. The first-order valence-electron chi connectivity index (χ1n) is 5.69. The molecule has 0 aliphatic carbocycles. The number of hydrogen-bond acceptors (Lipinski definition) is 4. The van der Waals surface area contributed by atoms with Gasteiger partial charge in [0.25, 0.3) is 0 Å². The largest absolute Gasteiger partial charge is 0.383 e. The smallest absolute Gasteiger partial charge is 0.107 e. The molecule has 3 nitrogen and oxygen atoms in total. The molecule has 1 aromatic heterocycles. The molecule has 0 bridgehead atoms. The van der Waals surface area contributed by atoms with E-state index >= 15 is 0 Å². The first kappa shape index (κ1) is 13.5. The number of nitrogens with zero attached hydrogens (tertiary/aromatic N) is 1. The Kier molecular flexibility index (Phi) is 5.13. The van der Waals surface area contributed by atoms with Crippen molar-refractivity contribution >= 4 is 22.9 Å². The van der Waals surface area contributed by atoms with Gasteiger partial charge in [0, 0.05) is 36.2 Å². The molecular weight excluding hydrogens is 268 g/mol. The number of aromatic nitrogens is 1. The maximum Gasteiger partial charge on any atom is 0.107 e. The average Bonchev–Trinajstić information content (AvgIpc) is 2.84. The molecule has 1 N–H and O–H groups in total. The molecule has 0 atom stereocenters. The first-order valence-corrected chi connectivity index (χ1v) is 6.95. The fraction of sp³-hybridized carbons (Fsp3) is 0.308. The lowest BCUT2D eigenvalue weighted by Gasteiger charge is -2.00. The number of hydrogen-bond donors (Lipinski definition) is 1. The predicted molar refractivity (Wildman–Crippen MR) is 76.1 cm³/mol. The summed E-state index contributed by atoms with van der Waals surface area (Å²) in [6.07, 6.45) is 0. The van der Waals surface area contributed by atoms with Crippen molar-refractivity contribution in [1.29, 1.82) is 0 Å².